The standard InChI is InChI=1S/C22H29N5O5/c1-14-8-9-16(27-22(32)26(11-10-18(23)28)19(29)13-24-27)12-17(14)21(31)25-20(30)15-6-4-2-3-5-7-15/h8-9,12-13,15,20,30H,2-7,10-11H2,1H3,(H2,23,28)(H,25,31). The van der Waals surface area contributed by atoms with Crippen LogP contribution in [0, 0.1) is 12.8 Å². The van der Waals surface area contributed by atoms with Gasteiger partial charge in [0.2, 0.25) is 5.91 Å². The second kappa shape index (κ2) is 10.4. The van der Waals surface area contributed by atoms with Crippen LogP contribution in [-0.2, 0) is 11.3 Å². The van der Waals surface area contributed by atoms with Gasteiger partial charge in [-0.2, -0.15) is 9.78 Å². The third kappa shape index (κ3) is 5.50. The Morgan fingerprint density at radius 1 is 1.22 bits per heavy atom. The molecule has 1 aromatic carbocycles. The SMILES string of the molecule is Cc1ccc(-n2ncc(=O)n(CCC(N)=O)c2=O)cc1C(=O)NC(O)C1CCCCCC1. The Balaban J connectivity index is 1.86. The van der Waals surface area contributed by atoms with Gasteiger partial charge < -0.3 is 16.2 Å². The summed E-state index contributed by atoms with van der Waals surface area (Å²) in [6.07, 6.45) is 5.94. The average molecular weight is 444 g/mol. The Kier molecular flexibility index (Phi) is 7.57. The van der Waals surface area contributed by atoms with E-state index in [4.69, 9.17) is 5.73 Å². The van der Waals surface area contributed by atoms with Crippen molar-refractivity contribution in [3.8, 4) is 5.69 Å². The van der Waals surface area contributed by atoms with Crippen molar-refractivity contribution >= 4 is 11.8 Å². The van der Waals surface area contributed by atoms with E-state index in [0.29, 0.717) is 11.1 Å². The van der Waals surface area contributed by atoms with Crippen LogP contribution in [0.5, 0.6) is 0 Å². The van der Waals surface area contributed by atoms with Crippen molar-refractivity contribution in [2.24, 2.45) is 11.7 Å². The number of aliphatic hydroxyl groups excluding tert-OH is 1. The summed E-state index contributed by atoms with van der Waals surface area (Å²) < 4.78 is 1.85. The first-order valence-corrected chi connectivity index (χ1v) is 10.9. The smallest absolute Gasteiger partial charge is 0.352 e. The number of nitrogens with one attached hydrogen (secondary N) is 1. The number of aromatic nitrogens is 3. The summed E-state index contributed by atoms with van der Waals surface area (Å²) in [4.78, 5) is 48.7. The second-order valence-corrected chi connectivity index (χ2v) is 8.21. The van der Waals surface area contributed by atoms with Crippen LogP contribution < -0.4 is 22.3 Å². The van der Waals surface area contributed by atoms with Crippen LogP contribution in [0.15, 0.2) is 34.0 Å². The number of nitrogens with two attached hydrogens (primary N) is 1. The van der Waals surface area contributed by atoms with Crippen LogP contribution in [0.25, 0.3) is 5.69 Å². The molecule has 0 aliphatic heterocycles. The zero-order valence-corrected chi connectivity index (χ0v) is 18.1. The van der Waals surface area contributed by atoms with Crippen LogP contribution in [0.3, 0.4) is 0 Å². The Morgan fingerprint density at radius 2 is 1.91 bits per heavy atom. The molecule has 10 nitrogen and oxygen atoms in total. The highest BCUT2D eigenvalue weighted by Crippen LogP contribution is 2.25. The fraction of sp³-hybridized carbons (Fsp3) is 0.500. The molecule has 32 heavy (non-hydrogen) atoms. The summed E-state index contributed by atoms with van der Waals surface area (Å²) in [7, 11) is 0. The maximum absolute atomic E-state index is 12.9. The first-order chi connectivity index (χ1) is 15.3. The molecule has 1 saturated carbocycles. The maximum atomic E-state index is 12.9. The molecule has 0 saturated heterocycles. The molecule has 1 atom stereocenters. The summed E-state index contributed by atoms with van der Waals surface area (Å²) in [5, 5.41) is 17.1. The van der Waals surface area contributed by atoms with E-state index < -0.39 is 29.3 Å². The van der Waals surface area contributed by atoms with E-state index in [-0.39, 0.29) is 24.6 Å². The number of nitrogens with zero attached hydrogens (tertiary/aromatic N) is 3. The molecule has 1 fully saturated rings. The monoisotopic (exact) mass is 443 g/mol. The molecule has 4 N–H and O–H groups in total. The van der Waals surface area contributed by atoms with E-state index in [2.05, 4.69) is 10.4 Å². The van der Waals surface area contributed by atoms with Crippen LogP contribution in [0.4, 0.5) is 0 Å². The van der Waals surface area contributed by atoms with Crippen molar-refractivity contribution in [1.82, 2.24) is 19.7 Å². The van der Waals surface area contributed by atoms with Gasteiger partial charge in [-0.25, -0.2) is 4.79 Å². The van der Waals surface area contributed by atoms with Crippen molar-refractivity contribution in [3.05, 3.63) is 56.4 Å². The van der Waals surface area contributed by atoms with Crippen molar-refractivity contribution in [3.63, 3.8) is 0 Å². The Labute approximate surface area is 185 Å². The van der Waals surface area contributed by atoms with Crippen LogP contribution in [0.2, 0.25) is 0 Å². The lowest BCUT2D eigenvalue weighted by Gasteiger charge is -2.22. The van der Waals surface area contributed by atoms with Crippen molar-refractivity contribution in [2.75, 3.05) is 0 Å². The normalized spacial score (nSPS) is 15.7. The first kappa shape index (κ1) is 23.4. The van der Waals surface area contributed by atoms with Gasteiger partial charge >= 0.3 is 5.69 Å². The van der Waals surface area contributed by atoms with Gasteiger partial charge in [0.15, 0.2) is 0 Å². The minimum absolute atomic E-state index is 0.0167. The largest absolute Gasteiger partial charge is 0.373 e. The summed E-state index contributed by atoms with van der Waals surface area (Å²) >= 11 is 0. The fourth-order valence-corrected chi connectivity index (χ4v) is 3.98. The summed E-state index contributed by atoms with van der Waals surface area (Å²) in [5.74, 6) is -1.07. The number of primary amides is 1. The molecular weight excluding hydrogens is 414 g/mol. The molecular formula is C22H29N5O5. The van der Waals surface area contributed by atoms with E-state index in [0.717, 1.165) is 54.0 Å². The molecule has 1 heterocycles. The molecule has 1 aromatic heterocycles. The predicted molar refractivity (Wildman–Crippen MR) is 117 cm³/mol. The number of carbonyl (C=O) groups excluding carboxylic acids is 2. The van der Waals surface area contributed by atoms with E-state index in [1.165, 1.54) is 6.07 Å². The third-order valence-corrected chi connectivity index (χ3v) is 5.88. The van der Waals surface area contributed by atoms with Crippen molar-refractivity contribution in [1.29, 1.82) is 0 Å². The molecule has 0 bridgehead atoms. The van der Waals surface area contributed by atoms with Gasteiger partial charge in [0.1, 0.15) is 12.4 Å². The highest BCUT2D eigenvalue weighted by molar-refractivity contribution is 5.96. The van der Waals surface area contributed by atoms with E-state index >= 15 is 0 Å². The number of hydrogen-bond donors (Lipinski definition) is 3. The second-order valence-electron chi connectivity index (χ2n) is 8.21. The Morgan fingerprint density at radius 3 is 2.56 bits per heavy atom. The number of amides is 2. The van der Waals surface area contributed by atoms with Gasteiger partial charge in [0, 0.05) is 24.4 Å². The molecule has 1 aliphatic rings. The van der Waals surface area contributed by atoms with Gasteiger partial charge in [0.25, 0.3) is 11.5 Å². The molecule has 172 valence electrons. The first-order valence-electron chi connectivity index (χ1n) is 10.9. The molecule has 3 rings (SSSR count). The zero-order valence-electron chi connectivity index (χ0n) is 18.1. The Hall–Kier alpha value is -3.27. The van der Waals surface area contributed by atoms with Gasteiger partial charge in [-0.3, -0.25) is 19.0 Å². The van der Waals surface area contributed by atoms with E-state index in [1.54, 1.807) is 19.1 Å². The maximum Gasteiger partial charge on any atom is 0.352 e. The number of hydrogen-bond acceptors (Lipinski definition) is 6. The van der Waals surface area contributed by atoms with Crippen molar-refractivity contribution < 1.29 is 14.7 Å². The molecule has 0 spiro atoms. The highest BCUT2D eigenvalue weighted by atomic mass is 16.3. The van der Waals surface area contributed by atoms with E-state index in [1.807, 2.05) is 0 Å². The van der Waals surface area contributed by atoms with Gasteiger partial charge in [-0.1, -0.05) is 31.7 Å². The molecule has 10 heteroatoms. The summed E-state index contributed by atoms with van der Waals surface area (Å²) in [6, 6.07) is 4.75. The van der Waals surface area contributed by atoms with Crippen LogP contribution in [-0.4, -0.2) is 37.5 Å². The lowest BCUT2D eigenvalue weighted by Crippen LogP contribution is -2.41. The van der Waals surface area contributed by atoms with Gasteiger partial charge in [0.05, 0.1) is 5.69 Å². The number of benzene rings is 1. The van der Waals surface area contributed by atoms with Gasteiger partial charge in [-0.15, -0.1) is 0 Å². The topological polar surface area (TPSA) is 149 Å². The minimum atomic E-state index is -0.944. The molecule has 2 amide bonds. The van der Waals surface area contributed by atoms with Gasteiger partial charge in [-0.05, 0) is 37.5 Å². The summed E-state index contributed by atoms with van der Waals surface area (Å²) in [6.45, 7) is 1.59. The zero-order chi connectivity index (χ0) is 23.3. The molecule has 2 aromatic rings. The van der Waals surface area contributed by atoms with E-state index in [9.17, 15) is 24.3 Å². The van der Waals surface area contributed by atoms with Crippen LogP contribution >= 0.6 is 0 Å². The number of aryl methyl sites for hydroxylation is 1. The van der Waals surface area contributed by atoms with Crippen molar-refractivity contribution in [2.45, 2.75) is 64.6 Å². The summed E-state index contributed by atoms with van der Waals surface area (Å²) in [5.41, 5.74) is 4.96. The molecule has 0 radical (unpaired) electrons. The quantitative estimate of drug-likeness (QED) is 0.421. The lowest BCUT2D eigenvalue weighted by molar-refractivity contribution is -0.118. The highest BCUT2D eigenvalue weighted by Gasteiger charge is 2.23. The fourth-order valence-electron chi connectivity index (χ4n) is 3.98. The molecule has 1 unspecified atom stereocenters. The molecule has 1 aliphatic carbocycles. The third-order valence-electron chi connectivity index (χ3n) is 5.88. The Bertz CT molecular complexity index is 1100. The average Bonchev–Trinajstić information content (AvgIpc) is 3.04. The number of aliphatic hydroxyl groups is 1. The predicted octanol–water partition coefficient (Wildman–Crippen LogP) is 0.597. The minimum Gasteiger partial charge on any atom is -0.373 e. The number of carbonyl (C=O) groups is 2. The van der Waals surface area contributed by atoms with Crippen LogP contribution in [0.1, 0.15) is 60.9 Å². The number of rotatable bonds is 7. The lowest BCUT2D eigenvalue weighted by atomic mass is 9.98.